The van der Waals surface area contributed by atoms with Gasteiger partial charge in [-0.2, -0.15) is 14.9 Å². The van der Waals surface area contributed by atoms with Crippen LogP contribution < -0.4 is 9.21 Å². The van der Waals surface area contributed by atoms with Gasteiger partial charge in [0.25, 0.3) is 0 Å². The summed E-state index contributed by atoms with van der Waals surface area (Å²) in [5.74, 6) is 2.96. The molecule has 3 aromatic rings. The van der Waals surface area contributed by atoms with Crippen LogP contribution >= 0.6 is 11.9 Å². The molecule has 5 rings (SSSR count). The number of nitrogens with one attached hydrogen (secondary N) is 1. The van der Waals surface area contributed by atoms with Gasteiger partial charge in [-0.1, -0.05) is 13.8 Å². The van der Waals surface area contributed by atoms with Gasteiger partial charge in [0.1, 0.15) is 5.82 Å². The molecule has 0 amide bonds. The maximum absolute atomic E-state index is 5.60. The molecular formula is C19H27N7OS. The van der Waals surface area contributed by atoms with Crippen molar-refractivity contribution in [3.63, 3.8) is 0 Å². The zero-order chi connectivity index (χ0) is 19.5. The van der Waals surface area contributed by atoms with E-state index in [1.165, 1.54) is 12.1 Å². The van der Waals surface area contributed by atoms with E-state index in [1.54, 1.807) is 6.20 Å². The van der Waals surface area contributed by atoms with Crippen LogP contribution in [0.15, 0.2) is 24.5 Å². The normalized spacial score (nSPS) is 19.8. The Morgan fingerprint density at radius 2 is 2.18 bits per heavy atom. The van der Waals surface area contributed by atoms with E-state index in [9.17, 15) is 0 Å². The largest absolute Gasteiger partial charge is 0.377 e. The number of hydrogen-bond donors (Lipinski definition) is 1. The monoisotopic (exact) mass is 401 g/mol. The van der Waals surface area contributed by atoms with Crippen LogP contribution in [0.3, 0.4) is 0 Å². The molecule has 2 fully saturated rings. The molecule has 0 aliphatic carbocycles. The first-order valence-corrected chi connectivity index (χ1v) is 10.9. The molecule has 3 aromatic heterocycles. The van der Waals surface area contributed by atoms with Crippen molar-refractivity contribution in [2.24, 2.45) is 0 Å². The van der Waals surface area contributed by atoms with E-state index in [0.29, 0.717) is 6.04 Å². The maximum Gasteiger partial charge on any atom is 0.169 e. The molecule has 2 aliphatic rings. The number of hydrogen-bond acceptors (Lipinski definition) is 7. The molecule has 1 N–H and O–H groups in total. The molecule has 9 heteroatoms. The van der Waals surface area contributed by atoms with Gasteiger partial charge in [-0.25, -0.2) is 4.98 Å². The minimum atomic E-state index is 0.302. The summed E-state index contributed by atoms with van der Waals surface area (Å²) < 4.78 is 9.81. The number of pyridine rings is 1. The van der Waals surface area contributed by atoms with Crippen molar-refractivity contribution in [2.45, 2.75) is 33.2 Å². The topological polar surface area (TPSA) is 75.1 Å². The van der Waals surface area contributed by atoms with Gasteiger partial charge in [0.05, 0.1) is 42.7 Å². The maximum atomic E-state index is 5.60. The lowest BCUT2D eigenvalue weighted by Gasteiger charge is -2.34. The lowest BCUT2D eigenvalue weighted by molar-refractivity contribution is 0.0985. The van der Waals surface area contributed by atoms with E-state index in [1.807, 2.05) is 42.7 Å². The summed E-state index contributed by atoms with van der Waals surface area (Å²) in [6.45, 7) is 9.55. The van der Waals surface area contributed by atoms with Gasteiger partial charge in [-0.3, -0.25) is 5.10 Å². The standard InChI is InChI=1S/C17H21N7OS.C2H6/c1-12-11-25-7-6-22(12)16-9-14(23-5-2-8-26-23)13-10-19-24(17(13)20-16)15-3-4-18-21-15;1-2/h3-4,9-10,12H,2,5-8,11H2,1H3,(H,18,21);1-2H3. The fraction of sp³-hybridized carbons (Fsp3) is 0.526. The third kappa shape index (κ3) is 3.44. The van der Waals surface area contributed by atoms with Gasteiger partial charge in [0.2, 0.25) is 0 Å². The SMILES string of the molecule is CC.CC1COCCN1c1cc(N2CCCS2)c2cnn(-c3ccn[nH]3)c2n1. The zero-order valence-electron chi connectivity index (χ0n) is 16.6. The number of morpholine rings is 1. The second kappa shape index (κ2) is 8.40. The fourth-order valence-electron chi connectivity index (χ4n) is 3.57. The molecule has 8 nitrogen and oxygen atoms in total. The van der Waals surface area contributed by atoms with Gasteiger partial charge in [0.15, 0.2) is 11.5 Å². The van der Waals surface area contributed by atoms with E-state index in [4.69, 9.17) is 9.72 Å². The van der Waals surface area contributed by atoms with E-state index in [-0.39, 0.29) is 0 Å². The van der Waals surface area contributed by atoms with Crippen LogP contribution in [0, 0.1) is 0 Å². The molecule has 2 saturated heterocycles. The van der Waals surface area contributed by atoms with E-state index in [2.05, 4.69) is 37.5 Å². The Bertz CT molecular complexity index is 905. The first kappa shape index (κ1) is 19.1. The molecule has 0 spiro atoms. The summed E-state index contributed by atoms with van der Waals surface area (Å²) in [5, 5.41) is 12.7. The highest BCUT2D eigenvalue weighted by Gasteiger charge is 2.25. The first-order chi connectivity index (χ1) is 13.8. The number of aromatic amines is 1. The number of nitrogens with zero attached hydrogens (tertiary/aromatic N) is 6. The van der Waals surface area contributed by atoms with Crippen molar-refractivity contribution in [1.82, 2.24) is 25.0 Å². The van der Waals surface area contributed by atoms with Crippen molar-refractivity contribution >= 4 is 34.5 Å². The van der Waals surface area contributed by atoms with Crippen molar-refractivity contribution < 1.29 is 4.74 Å². The van der Waals surface area contributed by atoms with Crippen LogP contribution in [0.4, 0.5) is 11.5 Å². The number of rotatable bonds is 3. The van der Waals surface area contributed by atoms with Gasteiger partial charge >= 0.3 is 0 Å². The van der Waals surface area contributed by atoms with E-state index in [0.717, 1.165) is 54.7 Å². The minimum Gasteiger partial charge on any atom is -0.377 e. The van der Waals surface area contributed by atoms with Gasteiger partial charge in [-0.15, -0.1) is 0 Å². The molecular weight excluding hydrogens is 374 g/mol. The molecule has 0 saturated carbocycles. The Kier molecular flexibility index (Phi) is 5.72. The zero-order valence-corrected chi connectivity index (χ0v) is 17.4. The van der Waals surface area contributed by atoms with Crippen LogP contribution in [0.5, 0.6) is 0 Å². The number of fused-ring (bicyclic) bond motifs is 1. The van der Waals surface area contributed by atoms with E-state index < -0.39 is 0 Å². The highest BCUT2D eigenvalue weighted by molar-refractivity contribution is 8.00. The molecule has 2 aliphatic heterocycles. The van der Waals surface area contributed by atoms with Crippen molar-refractivity contribution in [3.8, 4) is 5.82 Å². The molecule has 1 atom stereocenters. The van der Waals surface area contributed by atoms with Gasteiger partial charge in [-0.05, 0) is 25.3 Å². The average Bonchev–Trinajstić information content (AvgIpc) is 3.49. The summed E-state index contributed by atoms with van der Waals surface area (Å²) in [6.07, 6.45) is 4.84. The molecule has 1 unspecified atom stereocenters. The molecule has 5 heterocycles. The predicted octanol–water partition coefficient (Wildman–Crippen LogP) is 3.25. The second-order valence-corrected chi connectivity index (χ2v) is 7.75. The van der Waals surface area contributed by atoms with Crippen molar-refractivity contribution in [2.75, 3.05) is 41.3 Å². The lowest BCUT2D eigenvalue weighted by atomic mass is 10.2. The Hall–Kier alpha value is -2.26. The third-order valence-corrected chi connectivity index (χ3v) is 6.07. The number of ether oxygens (including phenoxy) is 1. The van der Waals surface area contributed by atoms with Crippen LogP contribution in [0.25, 0.3) is 16.9 Å². The minimum absolute atomic E-state index is 0.302. The number of aromatic nitrogens is 5. The molecule has 28 heavy (non-hydrogen) atoms. The Morgan fingerprint density at radius 1 is 1.29 bits per heavy atom. The smallest absolute Gasteiger partial charge is 0.169 e. The first-order valence-electron chi connectivity index (χ1n) is 9.94. The van der Waals surface area contributed by atoms with Crippen molar-refractivity contribution in [3.05, 3.63) is 24.5 Å². The molecule has 0 aromatic carbocycles. The van der Waals surface area contributed by atoms with Crippen LogP contribution in [-0.2, 0) is 4.74 Å². The Balaban J connectivity index is 0.000000932. The summed E-state index contributed by atoms with van der Waals surface area (Å²) in [6, 6.07) is 4.42. The lowest BCUT2D eigenvalue weighted by Crippen LogP contribution is -2.44. The highest BCUT2D eigenvalue weighted by Crippen LogP contribution is 2.37. The quantitative estimate of drug-likeness (QED) is 0.675. The molecule has 0 bridgehead atoms. The summed E-state index contributed by atoms with van der Waals surface area (Å²) in [4.78, 5) is 7.32. The average molecular weight is 402 g/mol. The third-order valence-electron chi connectivity index (χ3n) is 4.90. The summed E-state index contributed by atoms with van der Waals surface area (Å²) >= 11 is 1.88. The molecule has 0 radical (unpaired) electrons. The second-order valence-electron chi connectivity index (χ2n) is 6.64. The Labute approximate surface area is 169 Å². The van der Waals surface area contributed by atoms with Gasteiger partial charge in [0, 0.05) is 31.0 Å². The highest BCUT2D eigenvalue weighted by atomic mass is 32.2. The summed E-state index contributed by atoms with van der Waals surface area (Å²) in [5.41, 5.74) is 2.05. The van der Waals surface area contributed by atoms with E-state index >= 15 is 0 Å². The van der Waals surface area contributed by atoms with Crippen LogP contribution in [0.2, 0.25) is 0 Å². The number of H-pyrrole nitrogens is 1. The number of anilines is 2. The fourth-order valence-corrected chi connectivity index (χ4v) is 4.60. The Morgan fingerprint density at radius 3 is 2.89 bits per heavy atom. The van der Waals surface area contributed by atoms with Crippen LogP contribution in [0.1, 0.15) is 27.2 Å². The molecule has 150 valence electrons. The predicted molar refractivity (Wildman–Crippen MR) is 114 cm³/mol. The van der Waals surface area contributed by atoms with Crippen molar-refractivity contribution in [1.29, 1.82) is 0 Å². The van der Waals surface area contributed by atoms with Gasteiger partial charge < -0.3 is 13.9 Å². The van der Waals surface area contributed by atoms with Crippen LogP contribution in [-0.4, -0.2) is 63.1 Å². The summed E-state index contributed by atoms with van der Waals surface area (Å²) in [7, 11) is 0.